The van der Waals surface area contributed by atoms with Crippen molar-refractivity contribution >= 4 is 0 Å². The Balaban J connectivity index is 2.09. The van der Waals surface area contributed by atoms with Gasteiger partial charge in [0.2, 0.25) is 0 Å². The van der Waals surface area contributed by atoms with E-state index in [4.69, 9.17) is 5.73 Å². The zero-order chi connectivity index (χ0) is 14.7. The summed E-state index contributed by atoms with van der Waals surface area (Å²) in [6.45, 7) is 2.01. The number of hydrogen-bond acceptors (Lipinski definition) is 3. The zero-order valence-electron chi connectivity index (χ0n) is 11.9. The standard InChI is InChI=1S/C17H18N4/c1-13(18)16(14-7-9-19-10-8-14)21-12-11-20-17(21)15-5-3-2-4-6-15/h2-13,16H,18H2,1H3. The summed E-state index contributed by atoms with van der Waals surface area (Å²) in [7, 11) is 0. The van der Waals surface area contributed by atoms with Gasteiger partial charge in [-0.1, -0.05) is 30.3 Å². The molecule has 0 fully saturated rings. The minimum Gasteiger partial charge on any atom is -0.326 e. The first-order chi connectivity index (χ1) is 10.3. The highest BCUT2D eigenvalue weighted by atomic mass is 15.1. The van der Waals surface area contributed by atoms with E-state index >= 15 is 0 Å². The van der Waals surface area contributed by atoms with Gasteiger partial charge in [0, 0.05) is 36.4 Å². The molecule has 0 saturated heterocycles. The maximum atomic E-state index is 6.24. The van der Waals surface area contributed by atoms with Gasteiger partial charge >= 0.3 is 0 Å². The fourth-order valence-corrected chi connectivity index (χ4v) is 2.63. The van der Waals surface area contributed by atoms with Gasteiger partial charge in [0.15, 0.2) is 0 Å². The molecular formula is C17H18N4. The van der Waals surface area contributed by atoms with E-state index in [1.165, 1.54) is 0 Å². The molecule has 4 heteroatoms. The second kappa shape index (κ2) is 5.89. The lowest BCUT2D eigenvalue weighted by Crippen LogP contribution is -2.30. The molecule has 0 aliphatic carbocycles. The van der Waals surface area contributed by atoms with Gasteiger partial charge in [-0.15, -0.1) is 0 Å². The van der Waals surface area contributed by atoms with Gasteiger partial charge in [-0.3, -0.25) is 4.98 Å². The average molecular weight is 278 g/mol. The molecule has 0 radical (unpaired) electrons. The van der Waals surface area contributed by atoms with Crippen LogP contribution >= 0.6 is 0 Å². The van der Waals surface area contributed by atoms with Gasteiger partial charge in [0.05, 0.1) is 6.04 Å². The Morgan fingerprint density at radius 3 is 2.38 bits per heavy atom. The van der Waals surface area contributed by atoms with E-state index < -0.39 is 0 Å². The lowest BCUT2D eigenvalue weighted by molar-refractivity contribution is 0.500. The fourth-order valence-electron chi connectivity index (χ4n) is 2.63. The SMILES string of the molecule is CC(N)C(c1ccncc1)n1ccnc1-c1ccccc1. The van der Waals surface area contributed by atoms with Gasteiger partial charge in [-0.25, -0.2) is 4.98 Å². The zero-order valence-corrected chi connectivity index (χ0v) is 11.9. The van der Waals surface area contributed by atoms with Crippen LogP contribution in [0.1, 0.15) is 18.5 Å². The highest BCUT2D eigenvalue weighted by molar-refractivity contribution is 5.55. The molecule has 2 N–H and O–H groups in total. The summed E-state index contributed by atoms with van der Waals surface area (Å²) >= 11 is 0. The second-order valence-electron chi connectivity index (χ2n) is 5.11. The molecule has 1 aromatic carbocycles. The van der Waals surface area contributed by atoms with Crippen LogP contribution in [0.4, 0.5) is 0 Å². The number of pyridine rings is 1. The van der Waals surface area contributed by atoms with Crippen LogP contribution in [-0.4, -0.2) is 20.6 Å². The molecule has 3 aromatic rings. The van der Waals surface area contributed by atoms with Crippen LogP contribution in [0.25, 0.3) is 11.4 Å². The first-order valence-electron chi connectivity index (χ1n) is 7.01. The molecule has 0 saturated carbocycles. The predicted molar refractivity (Wildman–Crippen MR) is 83.7 cm³/mol. The molecule has 2 atom stereocenters. The topological polar surface area (TPSA) is 56.7 Å². The third kappa shape index (κ3) is 2.71. The highest BCUT2D eigenvalue weighted by Gasteiger charge is 2.21. The van der Waals surface area contributed by atoms with Crippen LogP contribution < -0.4 is 5.73 Å². The van der Waals surface area contributed by atoms with E-state index in [-0.39, 0.29) is 12.1 Å². The largest absolute Gasteiger partial charge is 0.326 e. The fraction of sp³-hybridized carbons (Fsp3) is 0.176. The quantitative estimate of drug-likeness (QED) is 0.798. The first-order valence-corrected chi connectivity index (χ1v) is 7.01. The molecule has 4 nitrogen and oxygen atoms in total. The van der Waals surface area contributed by atoms with Crippen molar-refractivity contribution in [1.82, 2.24) is 14.5 Å². The van der Waals surface area contributed by atoms with E-state index in [2.05, 4.69) is 26.7 Å². The van der Waals surface area contributed by atoms with Crippen molar-refractivity contribution in [2.75, 3.05) is 0 Å². The molecule has 106 valence electrons. The molecule has 2 heterocycles. The summed E-state index contributed by atoms with van der Waals surface area (Å²) in [4.78, 5) is 8.59. The number of benzene rings is 1. The summed E-state index contributed by atoms with van der Waals surface area (Å²) in [5.41, 5.74) is 8.46. The summed E-state index contributed by atoms with van der Waals surface area (Å²) in [5, 5.41) is 0. The second-order valence-corrected chi connectivity index (χ2v) is 5.11. The molecule has 2 unspecified atom stereocenters. The van der Waals surface area contributed by atoms with Crippen molar-refractivity contribution in [3.05, 3.63) is 72.8 Å². The maximum absolute atomic E-state index is 6.24. The molecule has 3 rings (SSSR count). The monoisotopic (exact) mass is 278 g/mol. The third-order valence-corrected chi connectivity index (χ3v) is 3.55. The van der Waals surface area contributed by atoms with Gasteiger partial charge in [-0.05, 0) is 24.6 Å². The first kappa shape index (κ1) is 13.5. The van der Waals surface area contributed by atoms with Crippen LogP contribution in [-0.2, 0) is 0 Å². The van der Waals surface area contributed by atoms with Crippen LogP contribution in [0.3, 0.4) is 0 Å². The highest BCUT2D eigenvalue weighted by Crippen LogP contribution is 2.27. The van der Waals surface area contributed by atoms with Crippen LogP contribution in [0, 0.1) is 0 Å². The van der Waals surface area contributed by atoms with Crippen molar-refractivity contribution in [2.24, 2.45) is 5.73 Å². The van der Waals surface area contributed by atoms with Crippen molar-refractivity contribution < 1.29 is 0 Å². The number of rotatable bonds is 4. The Kier molecular flexibility index (Phi) is 3.79. The van der Waals surface area contributed by atoms with Crippen molar-refractivity contribution in [3.8, 4) is 11.4 Å². The van der Waals surface area contributed by atoms with Gasteiger partial charge < -0.3 is 10.3 Å². The van der Waals surface area contributed by atoms with Crippen molar-refractivity contribution in [3.63, 3.8) is 0 Å². The summed E-state index contributed by atoms with van der Waals surface area (Å²) in [6, 6.07) is 14.2. The molecule has 0 bridgehead atoms. The predicted octanol–water partition coefficient (Wildman–Crippen LogP) is 2.88. The van der Waals surface area contributed by atoms with E-state index in [9.17, 15) is 0 Å². The van der Waals surface area contributed by atoms with E-state index in [0.717, 1.165) is 17.0 Å². The summed E-state index contributed by atoms with van der Waals surface area (Å²) in [6.07, 6.45) is 7.39. The van der Waals surface area contributed by atoms with Crippen molar-refractivity contribution in [1.29, 1.82) is 0 Å². The van der Waals surface area contributed by atoms with Gasteiger partial charge in [0.25, 0.3) is 0 Å². The lowest BCUT2D eigenvalue weighted by atomic mass is 10.0. The van der Waals surface area contributed by atoms with Gasteiger partial charge in [-0.2, -0.15) is 0 Å². The Morgan fingerprint density at radius 2 is 1.71 bits per heavy atom. The van der Waals surface area contributed by atoms with Gasteiger partial charge in [0.1, 0.15) is 5.82 Å². The minimum absolute atomic E-state index is 0.0331. The number of nitrogens with two attached hydrogens (primary N) is 1. The molecule has 2 aromatic heterocycles. The number of imidazole rings is 1. The molecule has 0 spiro atoms. The molecule has 0 aliphatic heterocycles. The van der Waals surface area contributed by atoms with E-state index in [0.29, 0.717) is 0 Å². The van der Waals surface area contributed by atoms with Crippen LogP contribution in [0.15, 0.2) is 67.3 Å². The molecular weight excluding hydrogens is 260 g/mol. The number of aromatic nitrogens is 3. The smallest absolute Gasteiger partial charge is 0.140 e. The Labute approximate surface area is 124 Å². The lowest BCUT2D eigenvalue weighted by Gasteiger charge is -2.24. The molecule has 0 amide bonds. The normalized spacial score (nSPS) is 13.8. The summed E-state index contributed by atoms with van der Waals surface area (Å²) < 4.78 is 2.13. The Bertz CT molecular complexity index is 689. The molecule has 21 heavy (non-hydrogen) atoms. The number of hydrogen-bond donors (Lipinski definition) is 1. The number of nitrogens with zero attached hydrogens (tertiary/aromatic N) is 3. The third-order valence-electron chi connectivity index (χ3n) is 3.55. The summed E-state index contributed by atoms with van der Waals surface area (Å²) in [5.74, 6) is 0.926. The van der Waals surface area contributed by atoms with Crippen LogP contribution in [0.2, 0.25) is 0 Å². The Hall–Kier alpha value is -2.46. The Morgan fingerprint density at radius 1 is 1.00 bits per heavy atom. The van der Waals surface area contributed by atoms with E-state index in [1.54, 1.807) is 12.4 Å². The minimum atomic E-state index is -0.0379. The van der Waals surface area contributed by atoms with Crippen LogP contribution in [0.5, 0.6) is 0 Å². The van der Waals surface area contributed by atoms with Crippen molar-refractivity contribution in [2.45, 2.75) is 19.0 Å². The van der Waals surface area contributed by atoms with E-state index in [1.807, 2.05) is 49.6 Å². The molecule has 0 aliphatic rings. The maximum Gasteiger partial charge on any atom is 0.140 e. The average Bonchev–Trinajstić information content (AvgIpc) is 2.98.